The molecule has 1 heterocycles. The largest absolute Gasteiger partial charge is 0.296 e. The van der Waals surface area contributed by atoms with Crippen molar-refractivity contribution in [1.29, 1.82) is 0 Å². The van der Waals surface area contributed by atoms with Crippen LogP contribution < -0.4 is 10.0 Å². The highest BCUT2D eigenvalue weighted by atomic mass is 35.5. The lowest BCUT2D eigenvalue weighted by molar-refractivity contribution is 0.101. The van der Waals surface area contributed by atoms with Gasteiger partial charge in [-0.15, -0.1) is 10.2 Å². The Morgan fingerprint density at radius 3 is 2.54 bits per heavy atom. The third-order valence-corrected chi connectivity index (χ3v) is 6.41. The predicted octanol–water partition coefficient (Wildman–Crippen LogP) is 3.45. The van der Waals surface area contributed by atoms with Crippen LogP contribution in [0.3, 0.4) is 0 Å². The molecule has 11 heteroatoms. The molecule has 0 aliphatic heterocycles. The van der Waals surface area contributed by atoms with Crippen molar-refractivity contribution in [1.82, 2.24) is 10.2 Å². The van der Waals surface area contributed by atoms with Gasteiger partial charge in [-0.1, -0.05) is 47.2 Å². The van der Waals surface area contributed by atoms with Crippen LogP contribution in [-0.2, 0) is 10.0 Å². The zero-order valence-electron chi connectivity index (χ0n) is 14.3. The van der Waals surface area contributed by atoms with Gasteiger partial charge in [0.25, 0.3) is 20.3 Å². The number of rotatable bonds is 6. The summed E-state index contributed by atoms with van der Waals surface area (Å²) >= 11 is 6.65. The number of anilines is 2. The summed E-state index contributed by atoms with van der Waals surface area (Å²) in [5.74, 6) is -0.727. The fourth-order valence-electron chi connectivity index (χ4n) is 2.18. The summed E-state index contributed by atoms with van der Waals surface area (Å²) in [6.45, 7) is 1.38. The van der Waals surface area contributed by atoms with Crippen LogP contribution in [0.1, 0.15) is 27.6 Å². The van der Waals surface area contributed by atoms with Gasteiger partial charge in [-0.2, -0.15) is 8.42 Å². The van der Waals surface area contributed by atoms with E-state index in [9.17, 15) is 18.0 Å². The maximum Gasteiger partial charge on any atom is 0.291 e. The number of sulfonamides is 1. The van der Waals surface area contributed by atoms with Crippen molar-refractivity contribution in [2.45, 2.75) is 11.3 Å². The number of nitrogens with one attached hydrogen (secondary N) is 2. The quantitative estimate of drug-likeness (QED) is 0.451. The molecular weight excluding hydrogens is 424 g/mol. The minimum Gasteiger partial charge on any atom is -0.296 e. The number of hydrogen-bond acceptors (Lipinski definition) is 7. The zero-order valence-corrected chi connectivity index (χ0v) is 16.7. The SMILES string of the molecule is CC(=O)c1cccc(NS(=O)(=O)c2nnc(NC(=O)c3ccccc3Cl)s2)c1. The van der Waals surface area contributed by atoms with E-state index in [0.29, 0.717) is 16.9 Å². The van der Waals surface area contributed by atoms with E-state index in [0.717, 1.165) is 0 Å². The molecule has 1 amide bonds. The molecule has 0 unspecified atom stereocenters. The lowest BCUT2D eigenvalue weighted by Crippen LogP contribution is -2.13. The van der Waals surface area contributed by atoms with Crippen LogP contribution in [0.4, 0.5) is 10.8 Å². The summed E-state index contributed by atoms with van der Waals surface area (Å²) in [7, 11) is -4.04. The van der Waals surface area contributed by atoms with Gasteiger partial charge in [0.2, 0.25) is 5.13 Å². The monoisotopic (exact) mass is 436 g/mol. The second-order valence-corrected chi connectivity index (χ2v) is 8.79. The second-order valence-electron chi connectivity index (χ2n) is 5.55. The highest BCUT2D eigenvalue weighted by molar-refractivity contribution is 7.94. The summed E-state index contributed by atoms with van der Waals surface area (Å²) < 4.78 is 27.0. The van der Waals surface area contributed by atoms with Gasteiger partial charge in [0.1, 0.15) is 0 Å². The number of halogens is 1. The molecule has 3 rings (SSSR count). The molecule has 0 saturated heterocycles. The van der Waals surface area contributed by atoms with Gasteiger partial charge in [0, 0.05) is 11.3 Å². The minimum atomic E-state index is -4.04. The van der Waals surface area contributed by atoms with E-state index in [1.165, 1.54) is 25.1 Å². The highest BCUT2D eigenvalue weighted by Gasteiger charge is 2.22. The Kier molecular flexibility index (Phi) is 5.73. The van der Waals surface area contributed by atoms with E-state index in [1.807, 2.05) is 0 Å². The number of aromatic nitrogens is 2. The van der Waals surface area contributed by atoms with E-state index in [-0.39, 0.29) is 31.5 Å². The van der Waals surface area contributed by atoms with E-state index in [1.54, 1.807) is 30.3 Å². The van der Waals surface area contributed by atoms with E-state index in [2.05, 4.69) is 20.2 Å². The maximum atomic E-state index is 12.5. The number of hydrogen-bond donors (Lipinski definition) is 2. The molecule has 0 spiro atoms. The van der Waals surface area contributed by atoms with Gasteiger partial charge >= 0.3 is 0 Å². The Labute approximate surface area is 169 Å². The van der Waals surface area contributed by atoms with Crippen LogP contribution in [0.15, 0.2) is 52.9 Å². The van der Waals surface area contributed by atoms with Crippen molar-refractivity contribution in [3.63, 3.8) is 0 Å². The molecule has 0 radical (unpaired) electrons. The van der Waals surface area contributed by atoms with Gasteiger partial charge in [-0.3, -0.25) is 19.6 Å². The molecule has 0 aliphatic carbocycles. The van der Waals surface area contributed by atoms with Crippen LogP contribution in [-0.4, -0.2) is 30.3 Å². The van der Waals surface area contributed by atoms with Crippen LogP contribution in [0, 0.1) is 0 Å². The molecule has 144 valence electrons. The molecule has 8 nitrogen and oxygen atoms in total. The highest BCUT2D eigenvalue weighted by Crippen LogP contribution is 2.24. The molecule has 0 aliphatic rings. The van der Waals surface area contributed by atoms with Crippen molar-refractivity contribution in [3.05, 3.63) is 64.7 Å². The molecule has 0 saturated carbocycles. The number of benzene rings is 2. The molecule has 0 atom stereocenters. The van der Waals surface area contributed by atoms with Crippen molar-refractivity contribution >= 4 is 55.5 Å². The molecule has 2 aromatic carbocycles. The van der Waals surface area contributed by atoms with Crippen LogP contribution in [0.25, 0.3) is 0 Å². The van der Waals surface area contributed by atoms with Gasteiger partial charge < -0.3 is 0 Å². The van der Waals surface area contributed by atoms with Gasteiger partial charge in [0.05, 0.1) is 10.6 Å². The van der Waals surface area contributed by atoms with E-state index >= 15 is 0 Å². The third kappa shape index (κ3) is 4.53. The van der Waals surface area contributed by atoms with Crippen LogP contribution in [0.5, 0.6) is 0 Å². The van der Waals surface area contributed by atoms with Crippen molar-refractivity contribution < 1.29 is 18.0 Å². The molecule has 0 fully saturated rings. The number of amides is 1. The van der Waals surface area contributed by atoms with Crippen LogP contribution in [0.2, 0.25) is 5.02 Å². The molecular formula is C17H13ClN4O4S2. The van der Waals surface area contributed by atoms with Gasteiger partial charge in [-0.05, 0) is 31.2 Å². The standard InChI is InChI=1S/C17H13ClN4O4S2/c1-10(23)11-5-4-6-12(9-11)22-28(25,26)17-21-20-16(27-17)19-15(24)13-7-2-3-8-14(13)18/h2-9,22H,1H3,(H,19,20,24). The number of ketones is 1. The fraction of sp³-hybridized carbons (Fsp3) is 0.0588. The smallest absolute Gasteiger partial charge is 0.291 e. The normalized spacial score (nSPS) is 11.1. The van der Waals surface area contributed by atoms with E-state index in [4.69, 9.17) is 11.6 Å². The number of carbonyl (C=O) groups is 2. The average molecular weight is 437 g/mol. The Balaban J connectivity index is 1.77. The maximum absolute atomic E-state index is 12.5. The predicted molar refractivity (Wildman–Crippen MR) is 107 cm³/mol. The second kappa shape index (κ2) is 8.05. The number of Topliss-reactive ketones (excluding diaryl/α,β-unsaturated/α-hetero) is 1. The molecule has 28 heavy (non-hydrogen) atoms. The zero-order chi connectivity index (χ0) is 20.3. The van der Waals surface area contributed by atoms with Crippen molar-refractivity contribution in [3.8, 4) is 0 Å². The Morgan fingerprint density at radius 1 is 1.07 bits per heavy atom. The summed E-state index contributed by atoms with van der Waals surface area (Å²) in [6.07, 6.45) is 0. The van der Waals surface area contributed by atoms with E-state index < -0.39 is 15.9 Å². The third-order valence-electron chi connectivity index (χ3n) is 3.50. The summed E-state index contributed by atoms with van der Waals surface area (Å²) in [4.78, 5) is 23.7. The first-order chi connectivity index (χ1) is 13.3. The van der Waals surface area contributed by atoms with Crippen molar-refractivity contribution in [2.24, 2.45) is 0 Å². The lowest BCUT2D eigenvalue weighted by atomic mass is 10.1. The fourth-order valence-corrected chi connectivity index (χ4v) is 4.35. The minimum absolute atomic E-state index is 0.00258. The first-order valence-electron chi connectivity index (χ1n) is 7.79. The molecule has 1 aromatic heterocycles. The first kappa shape index (κ1) is 19.9. The molecule has 3 aromatic rings. The lowest BCUT2D eigenvalue weighted by Gasteiger charge is -2.06. The number of carbonyl (C=O) groups excluding carboxylic acids is 2. The summed E-state index contributed by atoms with van der Waals surface area (Å²) in [5, 5.41) is 10.0. The summed E-state index contributed by atoms with van der Waals surface area (Å²) in [5.41, 5.74) is 0.803. The number of nitrogens with zero attached hydrogens (tertiary/aromatic N) is 2. The average Bonchev–Trinajstić information content (AvgIpc) is 3.11. The van der Waals surface area contributed by atoms with Gasteiger partial charge in [0.15, 0.2) is 5.78 Å². The van der Waals surface area contributed by atoms with Crippen molar-refractivity contribution in [2.75, 3.05) is 10.0 Å². The summed E-state index contributed by atoms with van der Waals surface area (Å²) in [6, 6.07) is 12.5. The van der Waals surface area contributed by atoms with Crippen LogP contribution >= 0.6 is 22.9 Å². The van der Waals surface area contributed by atoms with Gasteiger partial charge in [-0.25, -0.2) is 0 Å². The topological polar surface area (TPSA) is 118 Å². The Hall–Kier alpha value is -2.82. The molecule has 2 N–H and O–H groups in total. The molecule has 0 bridgehead atoms. The first-order valence-corrected chi connectivity index (χ1v) is 10.5. The Morgan fingerprint density at radius 2 is 1.82 bits per heavy atom. The Bertz CT molecular complexity index is 1160.